The Kier molecular flexibility index (Phi) is 8.19. The fraction of sp³-hybridized carbons (Fsp3) is 0.417. The van der Waals surface area contributed by atoms with Crippen molar-refractivity contribution in [2.75, 3.05) is 19.7 Å². The minimum absolute atomic E-state index is 0. The molecule has 1 aromatic carbocycles. The van der Waals surface area contributed by atoms with Gasteiger partial charge in [0.15, 0.2) is 0 Å². The van der Waals surface area contributed by atoms with Crippen LogP contribution in [0.15, 0.2) is 24.3 Å². The predicted molar refractivity (Wildman–Crippen MR) is 70.6 cm³/mol. The summed E-state index contributed by atoms with van der Waals surface area (Å²) in [7, 11) is 0. The van der Waals surface area contributed by atoms with Crippen LogP contribution in [-0.4, -0.2) is 25.6 Å². The minimum atomic E-state index is -0.129. The van der Waals surface area contributed by atoms with Gasteiger partial charge in [-0.05, 0) is 25.0 Å². The second kappa shape index (κ2) is 8.84. The third kappa shape index (κ3) is 6.14. The Morgan fingerprint density at radius 2 is 2.12 bits per heavy atom. The van der Waals surface area contributed by atoms with Gasteiger partial charge < -0.3 is 15.8 Å². The van der Waals surface area contributed by atoms with E-state index in [2.05, 4.69) is 5.32 Å². The van der Waals surface area contributed by atoms with Crippen molar-refractivity contribution in [3.8, 4) is 5.75 Å². The smallest absolute Gasteiger partial charge is 0.233 e. The molecule has 0 saturated carbocycles. The number of aryl methyl sites for hydroxylation is 1. The van der Waals surface area contributed by atoms with Crippen LogP contribution >= 0.6 is 12.4 Å². The number of rotatable bonds is 6. The van der Waals surface area contributed by atoms with Crippen LogP contribution in [0, 0.1) is 6.92 Å². The van der Waals surface area contributed by atoms with E-state index in [1.165, 1.54) is 0 Å². The van der Waals surface area contributed by atoms with Crippen LogP contribution in [0.4, 0.5) is 0 Å². The lowest BCUT2D eigenvalue weighted by atomic mass is 10.2. The van der Waals surface area contributed by atoms with Crippen LogP contribution in [0.25, 0.3) is 0 Å². The summed E-state index contributed by atoms with van der Waals surface area (Å²) in [5.74, 6) is 0.767. The molecular formula is C12H19ClN2O2. The van der Waals surface area contributed by atoms with E-state index >= 15 is 0 Å². The summed E-state index contributed by atoms with van der Waals surface area (Å²) in [4.78, 5) is 10.8. The maximum absolute atomic E-state index is 10.8. The van der Waals surface area contributed by atoms with Crippen LogP contribution in [0.1, 0.15) is 12.0 Å². The molecule has 4 nitrogen and oxygen atoms in total. The first-order valence-corrected chi connectivity index (χ1v) is 5.39. The third-order valence-corrected chi connectivity index (χ3v) is 2.18. The Morgan fingerprint density at radius 3 is 2.76 bits per heavy atom. The number of benzene rings is 1. The Morgan fingerprint density at radius 1 is 1.41 bits per heavy atom. The van der Waals surface area contributed by atoms with Crippen LogP contribution in [0.3, 0.4) is 0 Å². The topological polar surface area (TPSA) is 64.3 Å². The molecule has 0 aliphatic heterocycles. The number of carbonyl (C=O) groups is 1. The number of ether oxygens (including phenoxy) is 1. The molecule has 5 heteroatoms. The molecule has 0 spiro atoms. The molecule has 0 heterocycles. The molecule has 0 saturated heterocycles. The average molecular weight is 259 g/mol. The summed E-state index contributed by atoms with van der Waals surface area (Å²) in [6, 6.07) is 7.86. The van der Waals surface area contributed by atoms with Crippen molar-refractivity contribution in [3.05, 3.63) is 29.8 Å². The van der Waals surface area contributed by atoms with Crippen LogP contribution in [0.5, 0.6) is 5.75 Å². The van der Waals surface area contributed by atoms with Crippen molar-refractivity contribution in [1.82, 2.24) is 5.32 Å². The zero-order valence-corrected chi connectivity index (χ0v) is 10.8. The van der Waals surface area contributed by atoms with E-state index in [-0.39, 0.29) is 24.9 Å². The number of halogens is 1. The molecule has 0 aromatic heterocycles. The second-order valence-corrected chi connectivity index (χ2v) is 3.52. The summed E-state index contributed by atoms with van der Waals surface area (Å²) in [6.07, 6.45) is 0.778. The fourth-order valence-corrected chi connectivity index (χ4v) is 1.27. The molecule has 1 rings (SSSR count). The van der Waals surface area contributed by atoms with Gasteiger partial charge in [0, 0.05) is 6.54 Å². The Labute approximate surface area is 108 Å². The van der Waals surface area contributed by atoms with Gasteiger partial charge in [0.05, 0.1) is 13.2 Å². The molecule has 1 aromatic rings. The van der Waals surface area contributed by atoms with Crippen molar-refractivity contribution >= 4 is 18.3 Å². The van der Waals surface area contributed by atoms with Crippen molar-refractivity contribution in [1.29, 1.82) is 0 Å². The van der Waals surface area contributed by atoms with Gasteiger partial charge in [0.2, 0.25) is 5.91 Å². The summed E-state index contributed by atoms with van der Waals surface area (Å²) in [5, 5.41) is 2.69. The van der Waals surface area contributed by atoms with Crippen LogP contribution in [0.2, 0.25) is 0 Å². The minimum Gasteiger partial charge on any atom is -0.493 e. The highest BCUT2D eigenvalue weighted by Gasteiger charge is 1.98. The molecule has 3 N–H and O–H groups in total. The Balaban J connectivity index is 0.00000256. The number of nitrogens with one attached hydrogen (secondary N) is 1. The van der Waals surface area contributed by atoms with E-state index in [1.807, 2.05) is 31.2 Å². The van der Waals surface area contributed by atoms with E-state index < -0.39 is 0 Å². The number of amides is 1. The maximum Gasteiger partial charge on any atom is 0.233 e. The zero-order chi connectivity index (χ0) is 11.8. The zero-order valence-electron chi connectivity index (χ0n) is 9.94. The molecule has 0 radical (unpaired) electrons. The molecular weight excluding hydrogens is 240 g/mol. The van der Waals surface area contributed by atoms with Gasteiger partial charge in [-0.2, -0.15) is 0 Å². The largest absolute Gasteiger partial charge is 0.493 e. The van der Waals surface area contributed by atoms with Gasteiger partial charge in [-0.25, -0.2) is 0 Å². The van der Waals surface area contributed by atoms with Gasteiger partial charge in [0.1, 0.15) is 5.75 Å². The summed E-state index contributed by atoms with van der Waals surface area (Å²) >= 11 is 0. The fourth-order valence-electron chi connectivity index (χ4n) is 1.27. The Hall–Kier alpha value is -1.26. The van der Waals surface area contributed by atoms with Crippen molar-refractivity contribution in [2.45, 2.75) is 13.3 Å². The normalized spacial score (nSPS) is 9.29. The van der Waals surface area contributed by atoms with E-state index in [4.69, 9.17) is 10.5 Å². The molecule has 0 fully saturated rings. The molecule has 17 heavy (non-hydrogen) atoms. The first-order valence-electron chi connectivity index (χ1n) is 5.39. The maximum atomic E-state index is 10.8. The monoisotopic (exact) mass is 258 g/mol. The molecule has 1 amide bonds. The molecule has 0 atom stereocenters. The molecule has 0 bridgehead atoms. The lowest BCUT2D eigenvalue weighted by Crippen LogP contribution is -2.31. The first kappa shape index (κ1) is 15.7. The van der Waals surface area contributed by atoms with Crippen molar-refractivity contribution in [2.24, 2.45) is 5.73 Å². The van der Waals surface area contributed by atoms with Crippen molar-refractivity contribution in [3.63, 3.8) is 0 Å². The third-order valence-electron chi connectivity index (χ3n) is 2.18. The summed E-state index contributed by atoms with van der Waals surface area (Å²) in [5.41, 5.74) is 6.27. The van der Waals surface area contributed by atoms with Gasteiger partial charge in [-0.15, -0.1) is 12.4 Å². The standard InChI is InChI=1S/C12H18N2O2.ClH/c1-10-5-2-3-6-11(10)16-8-4-7-14-12(15)9-13;/h2-3,5-6H,4,7-9,13H2,1H3,(H,14,15);1H. The van der Waals surface area contributed by atoms with Crippen LogP contribution < -0.4 is 15.8 Å². The highest BCUT2D eigenvalue weighted by molar-refractivity contribution is 5.85. The number of carbonyl (C=O) groups excluding carboxylic acids is 1. The number of hydrogen-bond donors (Lipinski definition) is 2. The van der Waals surface area contributed by atoms with E-state index in [1.54, 1.807) is 0 Å². The molecule has 96 valence electrons. The van der Waals surface area contributed by atoms with Crippen molar-refractivity contribution < 1.29 is 9.53 Å². The predicted octanol–water partition coefficient (Wildman–Crippen LogP) is 1.26. The first-order chi connectivity index (χ1) is 7.74. The van der Waals surface area contributed by atoms with Gasteiger partial charge in [-0.3, -0.25) is 4.79 Å². The number of nitrogens with two attached hydrogens (primary N) is 1. The van der Waals surface area contributed by atoms with Gasteiger partial charge in [0.25, 0.3) is 0 Å². The average Bonchev–Trinajstić information content (AvgIpc) is 2.30. The van der Waals surface area contributed by atoms with Gasteiger partial charge >= 0.3 is 0 Å². The van der Waals surface area contributed by atoms with E-state index in [9.17, 15) is 4.79 Å². The van der Waals surface area contributed by atoms with E-state index in [0.717, 1.165) is 17.7 Å². The Bertz CT molecular complexity index is 345. The van der Waals surface area contributed by atoms with E-state index in [0.29, 0.717) is 13.2 Å². The SMILES string of the molecule is Cc1ccccc1OCCCNC(=O)CN.Cl. The molecule has 0 aliphatic rings. The van der Waals surface area contributed by atoms with Crippen LogP contribution in [-0.2, 0) is 4.79 Å². The highest BCUT2D eigenvalue weighted by atomic mass is 35.5. The summed E-state index contributed by atoms with van der Waals surface area (Å²) < 4.78 is 5.57. The number of para-hydroxylation sites is 1. The number of hydrogen-bond acceptors (Lipinski definition) is 3. The molecule has 0 aliphatic carbocycles. The highest BCUT2D eigenvalue weighted by Crippen LogP contribution is 2.15. The lowest BCUT2D eigenvalue weighted by molar-refractivity contribution is -0.119. The quantitative estimate of drug-likeness (QED) is 0.755. The molecule has 0 unspecified atom stereocenters. The summed E-state index contributed by atoms with van der Waals surface area (Å²) in [6.45, 7) is 3.24. The van der Waals surface area contributed by atoms with Gasteiger partial charge in [-0.1, -0.05) is 18.2 Å². The second-order valence-electron chi connectivity index (χ2n) is 3.52. The lowest BCUT2D eigenvalue weighted by Gasteiger charge is -2.08.